The van der Waals surface area contributed by atoms with Gasteiger partial charge in [-0.3, -0.25) is 10.3 Å². The molecule has 1 saturated heterocycles. The second kappa shape index (κ2) is 8.52. The van der Waals surface area contributed by atoms with Crippen LogP contribution in [-0.2, 0) is 10.3 Å². The number of ether oxygens (including phenoxy) is 1. The third-order valence-electron chi connectivity index (χ3n) is 6.08. The standard InChI is InChI=1S/C25H31N3O2S/c1-24(2,3)19-11-9-18(10-12-19)21-17-25(30-27-21)13-15-28(16-14-25)23(31)26-20-7-5-6-8-22(20)29-4/h5-12,17,27H,13-16H2,1-4H3,(H,26,31). The highest BCUT2D eigenvalue weighted by Gasteiger charge is 2.39. The van der Waals surface area contributed by atoms with Gasteiger partial charge in [0, 0.05) is 25.9 Å². The number of hydroxylamine groups is 1. The third-order valence-corrected chi connectivity index (χ3v) is 6.44. The monoisotopic (exact) mass is 437 g/mol. The Morgan fingerprint density at radius 2 is 1.77 bits per heavy atom. The van der Waals surface area contributed by atoms with E-state index in [-0.39, 0.29) is 11.0 Å². The second-order valence-electron chi connectivity index (χ2n) is 9.27. The fourth-order valence-electron chi connectivity index (χ4n) is 4.05. The van der Waals surface area contributed by atoms with Crippen molar-refractivity contribution in [3.63, 3.8) is 0 Å². The molecule has 0 amide bonds. The minimum absolute atomic E-state index is 0.150. The molecule has 0 aliphatic carbocycles. The summed E-state index contributed by atoms with van der Waals surface area (Å²) in [5.74, 6) is 0.784. The molecule has 5 nitrogen and oxygen atoms in total. The molecule has 4 rings (SSSR count). The summed E-state index contributed by atoms with van der Waals surface area (Å²) >= 11 is 5.66. The molecule has 0 unspecified atom stereocenters. The minimum atomic E-state index is -0.283. The molecule has 2 aliphatic rings. The fourth-order valence-corrected chi connectivity index (χ4v) is 4.34. The van der Waals surface area contributed by atoms with Gasteiger partial charge in [-0.15, -0.1) is 0 Å². The first kappa shape index (κ1) is 21.7. The lowest BCUT2D eigenvalue weighted by Gasteiger charge is -2.38. The number of hydrogen-bond acceptors (Lipinski definition) is 4. The maximum Gasteiger partial charge on any atom is 0.173 e. The summed E-state index contributed by atoms with van der Waals surface area (Å²) in [6.07, 6.45) is 3.99. The molecule has 0 aromatic heterocycles. The molecular weight excluding hydrogens is 406 g/mol. The van der Waals surface area contributed by atoms with Gasteiger partial charge in [0.15, 0.2) is 5.11 Å². The van der Waals surface area contributed by atoms with Crippen LogP contribution in [0, 0.1) is 0 Å². The van der Waals surface area contributed by atoms with E-state index in [1.807, 2.05) is 24.3 Å². The number of piperidine rings is 1. The van der Waals surface area contributed by atoms with Gasteiger partial charge >= 0.3 is 0 Å². The van der Waals surface area contributed by atoms with Crippen LogP contribution in [-0.4, -0.2) is 35.8 Å². The van der Waals surface area contributed by atoms with Gasteiger partial charge in [-0.25, -0.2) is 0 Å². The number of rotatable bonds is 3. The first-order valence-electron chi connectivity index (χ1n) is 10.8. The lowest BCUT2D eigenvalue weighted by atomic mass is 9.86. The number of hydrogen-bond donors (Lipinski definition) is 2. The number of likely N-dealkylation sites (tertiary alicyclic amines) is 1. The fraction of sp³-hybridized carbons (Fsp3) is 0.400. The first-order chi connectivity index (χ1) is 14.8. The third kappa shape index (κ3) is 4.70. The molecule has 2 N–H and O–H groups in total. The molecule has 0 atom stereocenters. The number of para-hydroxylation sites is 2. The molecule has 31 heavy (non-hydrogen) atoms. The van der Waals surface area contributed by atoms with Crippen molar-refractivity contribution in [3.05, 3.63) is 65.7 Å². The van der Waals surface area contributed by atoms with Crippen LogP contribution in [0.2, 0.25) is 0 Å². The zero-order valence-electron chi connectivity index (χ0n) is 18.7. The lowest BCUT2D eigenvalue weighted by Crippen LogP contribution is -2.48. The van der Waals surface area contributed by atoms with Crippen LogP contribution in [0.4, 0.5) is 5.69 Å². The lowest BCUT2D eigenvalue weighted by molar-refractivity contribution is -0.0615. The van der Waals surface area contributed by atoms with E-state index in [2.05, 4.69) is 66.8 Å². The molecule has 2 aliphatic heterocycles. The van der Waals surface area contributed by atoms with E-state index in [1.165, 1.54) is 5.56 Å². The molecule has 2 heterocycles. The van der Waals surface area contributed by atoms with E-state index in [9.17, 15) is 0 Å². The van der Waals surface area contributed by atoms with Crippen LogP contribution < -0.4 is 15.5 Å². The number of nitrogens with zero attached hydrogens (tertiary/aromatic N) is 1. The van der Waals surface area contributed by atoms with E-state index in [0.29, 0.717) is 5.11 Å². The Bertz CT molecular complexity index is 971. The Balaban J connectivity index is 1.39. The van der Waals surface area contributed by atoms with E-state index in [4.69, 9.17) is 21.8 Å². The highest BCUT2D eigenvalue weighted by Crippen LogP contribution is 2.35. The molecule has 0 saturated carbocycles. The first-order valence-corrected chi connectivity index (χ1v) is 11.2. The summed E-state index contributed by atoms with van der Waals surface area (Å²) in [6, 6.07) is 16.6. The Morgan fingerprint density at radius 1 is 1.10 bits per heavy atom. The van der Waals surface area contributed by atoms with Crippen molar-refractivity contribution in [1.29, 1.82) is 0 Å². The highest BCUT2D eigenvalue weighted by atomic mass is 32.1. The van der Waals surface area contributed by atoms with Gasteiger partial charge in [-0.1, -0.05) is 57.2 Å². The van der Waals surface area contributed by atoms with E-state index < -0.39 is 0 Å². The number of methoxy groups -OCH3 is 1. The van der Waals surface area contributed by atoms with Crippen LogP contribution in [0.5, 0.6) is 5.75 Å². The quantitative estimate of drug-likeness (QED) is 0.652. The average Bonchev–Trinajstić information content (AvgIpc) is 3.17. The van der Waals surface area contributed by atoms with Gasteiger partial charge in [0.2, 0.25) is 0 Å². The van der Waals surface area contributed by atoms with Crippen LogP contribution >= 0.6 is 12.2 Å². The molecule has 1 spiro atoms. The Labute approximate surface area is 190 Å². The molecule has 2 aromatic rings. The Morgan fingerprint density at radius 3 is 2.42 bits per heavy atom. The van der Waals surface area contributed by atoms with Crippen LogP contribution in [0.15, 0.2) is 54.6 Å². The summed E-state index contributed by atoms with van der Waals surface area (Å²) in [5, 5.41) is 4.04. The zero-order valence-corrected chi connectivity index (χ0v) is 19.5. The van der Waals surface area contributed by atoms with Gasteiger partial charge in [0.25, 0.3) is 0 Å². The number of benzene rings is 2. The topological polar surface area (TPSA) is 45.8 Å². The van der Waals surface area contributed by atoms with Crippen molar-refractivity contribution >= 4 is 28.7 Å². The van der Waals surface area contributed by atoms with Gasteiger partial charge in [-0.2, -0.15) is 0 Å². The van der Waals surface area contributed by atoms with Crippen molar-refractivity contribution < 1.29 is 9.57 Å². The molecule has 164 valence electrons. The van der Waals surface area contributed by atoms with Gasteiger partial charge < -0.3 is 15.0 Å². The summed E-state index contributed by atoms with van der Waals surface area (Å²) in [4.78, 5) is 8.27. The van der Waals surface area contributed by atoms with E-state index in [0.717, 1.165) is 48.6 Å². The van der Waals surface area contributed by atoms with Crippen LogP contribution in [0.1, 0.15) is 44.7 Å². The Kier molecular flexibility index (Phi) is 5.95. The summed E-state index contributed by atoms with van der Waals surface area (Å²) < 4.78 is 5.41. The highest BCUT2D eigenvalue weighted by molar-refractivity contribution is 7.80. The van der Waals surface area contributed by atoms with Crippen molar-refractivity contribution in [2.45, 2.75) is 44.6 Å². The Hall–Kier alpha value is -2.57. The molecular formula is C25H31N3O2S. The molecule has 1 fully saturated rings. The van der Waals surface area contributed by atoms with Crippen molar-refractivity contribution in [2.24, 2.45) is 0 Å². The predicted octanol–water partition coefficient (Wildman–Crippen LogP) is 5.10. The van der Waals surface area contributed by atoms with Crippen molar-refractivity contribution in [1.82, 2.24) is 10.4 Å². The van der Waals surface area contributed by atoms with Gasteiger partial charge in [-0.05, 0) is 47.0 Å². The number of anilines is 1. The normalized spacial score (nSPS) is 17.8. The van der Waals surface area contributed by atoms with Gasteiger partial charge in [0.1, 0.15) is 11.4 Å². The number of thiocarbonyl (C=S) groups is 1. The zero-order chi connectivity index (χ0) is 22.1. The summed E-state index contributed by atoms with van der Waals surface area (Å²) in [7, 11) is 1.67. The molecule has 0 bridgehead atoms. The summed E-state index contributed by atoms with van der Waals surface area (Å²) in [5.41, 5.74) is 7.45. The summed E-state index contributed by atoms with van der Waals surface area (Å²) in [6.45, 7) is 8.35. The molecule has 6 heteroatoms. The molecule has 2 aromatic carbocycles. The van der Waals surface area contributed by atoms with Crippen LogP contribution in [0.3, 0.4) is 0 Å². The second-order valence-corrected chi connectivity index (χ2v) is 9.66. The molecule has 0 radical (unpaired) electrons. The largest absolute Gasteiger partial charge is 0.495 e. The van der Waals surface area contributed by atoms with Crippen molar-refractivity contribution in [2.75, 3.05) is 25.5 Å². The van der Waals surface area contributed by atoms with E-state index >= 15 is 0 Å². The van der Waals surface area contributed by atoms with Crippen LogP contribution in [0.25, 0.3) is 5.70 Å². The maximum absolute atomic E-state index is 6.08. The van der Waals surface area contributed by atoms with E-state index in [1.54, 1.807) is 7.11 Å². The smallest absolute Gasteiger partial charge is 0.173 e. The predicted molar refractivity (Wildman–Crippen MR) is 130 cm³/mol. The SMILES string of the molecule is COc1ccccc1NC(=S)N1CCC2(C=C(c3ccc(C(C)(C)C)cc3)NO2)CC1. The maximum atomic E-state index is 6.08. The minimum Gasteiger partial charge on any atom is -0.495 e. The number of nitrogens with one attached hydrogen (secondary N) is 2. The van der Waals surface area contributed by atoms with Gasteiger partial charge in [0.05, 0.1) is 18.5 Å². The van der Waals surface area contributed by atoms with Crippen molar-refractivity contribution in [3.8, 4) is 5.75 Å². The average molecular weight is 438 g/mol.